The Morgan fingerprint density at radius 2 is 2.23 bits per heavy atom. The van der Waals surface area contributed by atoms with Gasteiger partial charge in [0.05, 0.1) is 16.7 Å². The fourth-order valence-corrected chi connectivity index (χ4v) is 5.38. The Bertz CT molecular complexity index is 987. The van der Waals surface area contributed by atoms with E-state index in [1.54, 1.807) is 19.2 Å². The number of halogens is 2. The molecule has 0 radical (unpaired) electrons. The van der Waals surface area contributed by atoms with Crippen LogP contribution in [0.4, 0.5) is 10.1 Å². The summed E-state index contributed by atoms with van der Waals surface area (Å²) in [4.78, 5) is 21.3. The average Bonchev–Trinajstić information content (AvgIpc) is 2.75. The number of carbonyl (C=O) groups is 1. The number of nitrogens with one attached hydrogen (secondary N) is 1. The second-order valence-electron chi connectivity index (χ2n) is 7.52. The van der Waals surface area contributed by atoms with Crippen LogP contribution in [0.15, 0.2) is 41.5 Å². The smallest absolute Gasteiger partial charge is 0.274 e. The first-order valence-electron chi connectivity index (χ1n) is 9.65. The van der Waals surface area contributed by atoms with Gasteiger partial charge in [-0.25, -0.2) is 9.37 Å². The van der Waals surface area contributed by atoms with E-state index < -0.39 is 11.4 Å². The molecule has 1 fully saturated rings. The molecule has 2 aromatic rings. The summed E-state index contributed by atoms with van der Waals surface area (Å²) in [7, 11) is 1.70. The summed E-state index contributed by atoms with van der Waals surface area (Å²) in [6.07, 6.45) is 3.70. The zero-order chi connectivity index (χ0) is 21.3. The molecule has 0 saturated heterocycles. The molecule has 3 N–H and O–H groups in total. The van der Waals surface area contributed by atoms with E-state index in [4.69, 9.17) is 27.1 Å². The molecule has 4 rings (SSSR count). The van der Waals surface area contributed by atoms with Gasteiger partial charge in [0.1, 0.15) is 11.5 Å². The number of amides is 1. The van der Waals surface area contributed by atoms with Gasteiger partial charge in [0.2, 0.25) is 0 Å². The molecule has 0 spiro atoms. The zero-order valence-corrected chi connectivity index (χ0v) is 18.0. The molecule has 1 aliphatic carbocycles. The van der Waals surface area contributed by atoms with Gasteiger partial charge in [-0.05, 0) is 49.6 Å². The number of aromatic nitrogens is 1. The lowest BCUT2D eigenvalue weighted by Gasteiger charge is -2.46. The van der Waals surface area contributed by atoms with Crippen molar-refractivity contribution < 1.29 is 13.9 Å². The van der Waals surface area contributed by atoms with Crippen LogP contribution >= 0.6 is 23.4 Å². The van der Waals surface area contributed by atoms with Gasteiger partial charge in [-0.15, -0.1) is 0 Å². The van der Waals surface area contributed by atoms with E-state index in [1.807, 2.05) is 0 Å². The van der Waals surface area contributed by atoms with Crippen molar-refractivity contribution >= 4 is 40.1 Å². The van der Waals surface area contributed by atoms with Gasteiger partial charge in [0.15, 0.2) is 5.17 Å². The lowest BCUT2D eigenvalue weighted by Crippen LogP contribution is -2.46. The van der Waals surface area contributed by atoms with Crippen molar-refractivity contribution in [1.82, 2.24) is 4.98 Å². The monoisotopic (exact) mass is 448 g/mol. The van der Waals surface area contributed by atoms with Crippen LogP contribution in [0.1, 0.15) is 35.3 Å². The molecule has 1 aromatic carbocycles. The highest BCUT2D eigenvalue weighted by Crippen LogP contribution is 2.50. The van der Waals surface area contributed by atoms with Crippen LogP contribution in [0.3, 0.4) is 0 Å². The third kappa shape index (κ3) is 4.04. The van der Waals surface area contributed by atoms with Crippen LogP contribution in [-0.2, 0) is 10.3 Å². The lowest BCUT2D eigenvalue weighted by molar-refractivity contribution is 0.0229. The summed E-state index contributed by atoms with van der Waals surface area (Å²) in [6, 6.07) is 7.68. The van der Waals surface area contributed by atoms with Crippen LogP contribution < -0.4 is 11.1 Å². The lowest BCUT2D eigenvalue weighted by atomic mass is 9.68. The number of hydrogen-bond acceptors (Lipinski definition) is 6. The van der Waals surface area contributed by atoms with Crippen LogP contribution in [0.2, 0.25) is 5.02 Å². The number of ether oxygens (including phenoxy) is 1. The maximum Gasteiger partial charge on any atom is 0.274 e. The van der Waals surface area contributed by atoms with E-state index in [9.17, 15) is 4.79 Å². The predicted molar refractivity (Wildman–Crippen MR) is 117 cm³/mol. The molecule has 2 heterocycles. The molecule has 0 bridgehead atoms. The van der Waals surface area contributed by atoms with Crippen LogP contribution in [0, 0.1) is 11.7 Å². The van der Waals surface area contributed by atoms with Gasteiger partial charge in [-0.1, -0.05) is 23.4 Å². The predicted octanol–water partition coefficient (Wildman–Crippen LogP) is 4.20. The third-order valence-electron chi connectivity index (χ3n) is 5.80. The van der Waals surface area contributed by atoms with Crippen molar-refractivity contribution in [3.8, 4) is 0 Å². The summed E-state index contributed by atoms with van der Waals surface area (Å²) < 4.78 is 20.6. The summed E-state index contributed by atoms with van der Waals surface area (Å²) in [5, 5.41) is 3.69. The highest BCUT2D eigenvalue weighted by molar-refractivity contribution is 8.13. The van der Waals surface area contributed by atoms with Crippen molar-refractivity contribution in [2.45, 2.75) is 30.9 Å². The first-order chi connectivity index (χ1) is 14.4. The Labute approximate surface area is 183 Å². The fraction of sp³-hybridized carbons (Fsp3) is 0.381. The van der Waals surface area contributed by atoms with Gasteiger partial charge in [0, 0.05) is 36.2 Å². The van der Waals surface area contributed by atoms with Crippen molar-refractivity contribution in [3.05, 3.63) is 58.6 Å². The number of nitrogens with two attached hydrogens (primary N) is 1. The van der Waals surface area contributed by atoms with E-state index >= 15 is 4.39 Å². The summed E-state index contributed by atoms with van der Waals surface area (Å²) >= 11 is 7.32. The molecule has 0 unspecified atom stereocenters. The van der Waals surface area contributed by atoms with Crippen molar-refractivity contribution in [2.24, 2.45) is 16.6 Å². The topological polar surface area (TPSA) is 89.6 Å². The maximum atomic E-state index is 15.0. The Kier molecular flexibility index (Phi) is 5.99. The number of methoxy groups -OCH3 is 1. The van der Waals surface area contributed by atoms with Crippen LogP contribution in [0.5, 0.6) is 0 Å². The van der Waals surface area contributed by atoms with Crippen LogP contribution in [-0.4, -0.2) is 35.0 Å². The molecule has 9 heteroatoms. The van der Waals surface area contributed by atoms with Crippen LogP contribution in [0.25, 0.3) is 0 Å². The van der Waals surface area contributed by atoms with E-state index in [0.717, 1.165) is 18.6 Å². The molecule has 158 valence electrons. The van der Waals surface area contributed by atoms with E-state index in [-0.39, 0.29) is 23.5 Å². The summed E-state index contributed by atoms with van der Waals surface area (Å²) in [5.41, 5.74) is 6.45. The van der Waals surface area contributed by atoms with E-state index in [1.165, 1.54) is 36.2 Å². The number of nitrogens with zero attached hydrogens (tertiary/aromatic N) is 2. The molecular formula is C21H22ClFN4O2S. The summed E-state index contributed by atoms with van der Waals surface area (Å²) in [5.74, 6) is 0.0808. The number of hydrogen-bond donors (Lipinski definition) is 2. The molecule has 6 nitrogen and oxygen atoms in total. The molecular weight excluding hydrogens is 427 g/mol. The quantitative estimate of drug-likeness (QED) is 0.731. The molecule has 3 atom stereocenters. The third-order valence-corrected chi connectivity index (χ3v) is 6.98. The Balaban J connectivity index is 1.67. The first-order valence-corrected chi connectivity index (χ1v) is 11.0. The largest absolute Gasteiger partial charge is 0.381 e. The minimum absolute atomic E-state index is 0.0897. The number of pyridine rings is 1. The average molecular weight is 449 g/mol. The van der Waals surface area contributed by atoms with E-state index in [0.29, 0.717) is 27.9 Å². The minimum Gasteiger partial charge on any atom is -0.381 e. The Morgan fingerprint density at radius 1 is 1.40 bits per heavy atom. The SMILES string of the molecule is CO[C@@H]1CC[C@]2(c3cc(NC(=O)c4ccc(Cl)cn4)ccc3F)N=C(N)SC[C@@H]2C1. The van der Waals surface area contributed by atoms with Gasteiger partial charge < -0.3 is 15.8 Å². The van der Waals surface area contributed by atoms with Gasteiger partial charge in [0.25, 0.3) is 5.91 Å². The fourth-order valence-electron chi connectivity index (χ4n) is 4.25. The number of benzene rings is 1. The number of fused-ring (bicyclic) bond motifs is 1. The van der Waals surface area contributed by atoms with Crippen molar-refractivity contribution in [1.29, 1.82) is 0 Å². The Hall–Kier alpha value is -2.16. The standard InChI is InChI=1S/C21H22ClFN4O2S/c1-29-15-6-7-21(12(8-15)11-30-20(24)27-21)16-9-14(3-4-17(16)23)26-19(28)18-5-2-13(22)10-25-18/h2-5,9-10,12,15H,6-8,11H2,1H3,(H2,24,27)(H,26,28)/t12-,15+,21-/m0/s1. The minimum atomic E-state index is -0.756. The molecule has 1 aromatic heterocycles. The first kappa shape index (κ1) is 21.1. The molecule has 1 aliphatic heterocycles. The number of aliphatic imine (C=N–C) groups is 1. The second kappa shape index (κ2) is 8.53. The number of amidine groups is 1. The highest BCUT2D eigenvalue weighted by Gasteiger charge is 2.48. The zero-order valence-electron chi connectivity index (χ0n) is 16.4. The maximum absolute atomic E-state index is 15.0. The van der Waals surface area contributed by atoms with Crippen molar-refractivity contribution in [2.75, 3.05) is 18.2 Å². The number of rotatable bonds is 4. The summed E-state index contributed by atoms with van der Waals surface area (Å²) in [6.45, 7) is 0. The number of thioether (sulfide) groups is 1. The van der Waals surface area contributed by atoms with Gasteiger partial charge >= 0.3 is 0 Å². The molecule has 1 amide bonds. The molecule has 30 heavy (non-hydrogen) atoms. The normalized spacial score (nSPS) is 25.9. The Morgan fingerprint density at radius 3 is 2.97 bits per heavy atom. The highest BCUT2D eigenvalue weighted by atomic mass is 35.5. The number of anilines is 1. The van der Waals surface area contributed by atoms with Crippen molar-refractivity contribution in [3.63, 3.8) is 0 Å². The van der Waals surface area contributed by atoms with Gasteiger partial charge in [-0.3, -0.25) is 9.79 Å². The number of carbonyl (C=O) groups excluding carboxylic acids is 1. The molecule has 2 aliphatic rings. The van der Waals surface area contributed by atoms with E-state index in [2.05, 4.69) is 10.3 Å². The second-order valence-corrected chi connectivity index (χ2v) is 9.00. The molecule has 1 saturated carbocycles. The van der Waals surface area contributed by atoms with Gasteiger partial charge in [-0.2, -0.15) is 0 Å².